The first-order valence-electron chi connectivity index (χ1n) is 7.61. The van der Waals surface area contributed by atoms with Gasteiger partial charge in [0, 0.05) is 16.6 Å². The molecular formula is C18H21NO2. The molecule has 110 valence electrons. The summed E-state index contributed by atoms with van der Waals surface area (Å²) in [6.07, 6.45) is 8.32. The van der Waals surface area contributed by atoms with Gasteiger partial charge in [-0.2, -0.15) is 0 Å². The molecule has 0 bridgehead atoms. The van der Waals surface area contributed by atoms with E-state index in [1.54, 1.807) is 0 Å². The zero-order valence-corrected chi connectivity index (χ0v) is 12.4. The fourth-order valence-corrected chi connectivity index (χ4v) is 3.48. The zero-order valence-electron chi connectivity index (χ0n) is 12.4. The number of carbonyl (C=O) groups excluding carboxylic acids is 1. The quantitative estimate of drug-likeness (QED) is 0.833. The molecule has 0 radical (unpaired) electrons. The molecule has 0 spiro atoms. The van der Waals surface area contributed by atoms with Crippen LogP contribution in [0, 0.1) is 0 Å². The van der Waals surface area contributed by atoms with Gasteiger partial charge in [0.15, 0.2) is 0 Å². The van der Waals surface area contributed by atoms with Gasteiger partial charge in [0.25, 0.3) is 0 Å². The summed E-state index contributed by atoms with van der Waals surface area (Å²) in [5.74, 6) is 0.301. The van der Waals surface area contributed by atoms with Crippen LogP contribution in [0.3, 0.4) is 0 Å². The first-order chi connectivity index (χ1) is 10.2. The molecule has 0 saturated heterocycles. The van der Waals surface area contributed by atoms with E-state index in [4.69, 9.17) is 4.74 Å². The molecule has 0 atom stereocenters. The second-order valence-corrected chi connectivity index (χ2v) is 5.74. The molecule has 1 aromatic heterocycles. The summed E-state index contributed by atoms with van der Waals surface area (Å²) in [6.45, 7) is 3.93. The fraction of sp³-hybridized carbons (Fsp3) is 0.389. The summed E-state index contributed by atoms with van der Waals surface area (Å²) in [5.41, 5.74) is 4.04. The van der Waals surface area contributed by atoms with Crippen LogP contribution in [-0.2, 0) is 4.74 Å². The van der Waals surface area contributed by atoms with Crippen molar-refractivity contribution in [2.75, 3.05) is 7.11 Å². The minimum Gasteiger partial charge on any atom is -0.465 e. The Morgan fingerprint density at radius 1 is 1.33 bits per heavy atom. The van der Waals surface area contributed by atoms with Crippen molar-refractivity contribution in [2.24, 2.45) is 0 Å². The molecule has 1 aliphatic rings. The van der Waals surface area contributed by atoms with Crippen molar-refractivity contribution in [3.05, 3.63) is 41.6 Å². The molecule has 3 rings (SSSR count). The summed E-state index contributed by atoms with van der Waals surface area (Å²) in [6, 6.07) is 5.76. The molecule has 2 aromatic rings. The third kappa shape index (κ3) is 2.48. The predicted octanol–water partition coefficient (Wildman–Crippen LogP) is 4.65. The Bertz CT molecular complexity index is 678. The van der Waals surface area contributed by atoms with E-state index < -0.39 is 0 Å². The topological polar surface area (TPSA) is 42.1 Å². The Labute approximate surface area is 125 Å². The van der Waals surface area contributed by atoms with Gasteiger partial charge >= 0.3 is 5.97 Å². The van der Waals surface area contributed by atoms with Crippen LogP contribution in [0.15, 0.2) is 24.8 Å². The summed E-state index contributed by atoms with van der Waals surface area (Å²) in [4.78, 5) is 15.1. The highest BCUT2D eigenvalue weighted by Gasteiger charge is 2.22. The van der Waals surface area contributed by atoms with Gasteiger partial charge in [-0.15, -0.1) is 0 Å². The molecule has 1 fully saturated rings. The fourth-order valence-electron chi connectivity index (χ4n) is 3.48. The number of hydrogen-bond donors (Lipinski definition) is 1. The van der Waals surface area contributed by atoms with E-state index in [2.05, 4.69) is 11.6 Å². The molecule has 21 heavy (non-hydrogen) atoms. The second kappa shape index (κ2) is 5.76. The number of ether oxygens (including phenoxy) is 1. The maximum Gasteiger partial charge on any atom is 0.337 e. The number of carbonyl (C=O) groups is 1. The van der Waals surface area contributed by atoms with Gasteiger partial charge in [-0.05, 0) is 42.5 Å². The van der Waals surface area contributed by atoms with Gasteiger partial charge < -0.3 is 9.72 Å². The number of aromatic nitrogens is 1. The number of hydrogen-bond acceptors (Lipinski definition) is 2. The Hall–Kier alpha value is -2.03. The average molecular weight is 283 g/mol. The first kappa shape index (κ1) is 13.9. The second-order valence-electron chi connectivity index (χ2n) is 5.74. The SMILES string of the molecule is C=Cc1[nH]c2cc(C(=O)OC)ccc2c1C1CCCCC1. The van der Waals surface area contributed by atoms with Crippen molar-refractivity contribution < 1.29 is 9.53 Å². The summed E-state index contributed by atoms with van der Waals surface area (Å²) < 4.78 is 4.79. The number of esters is 1. The molecule has 3 nitrogen and oxygen atoms in total. The molecular weight excluding hydrogens is 262 g/mol. The summed E-state index contributed by atoms with van der Waals surface area (Å²) in [5, 5.41) is 1.21. The Morgan fingerprint density at radius 2 is 2.10 bits per heavy atom. The standard InChI is InChI=1S/C18H21NO2/c1-3-15-17(12-7-5-4-6-8-12)14-10-9-13(18(20)21-2)11-16(14)19-15/h3,9-12,19H,1,4-8H2,2H3. The monoisotopic (exact) mass is 283 g/mol. The van der Waals surface area contributed by atoms with Crippen LogP contribution in [0.4, 0.5) is 0 Å². The highest BCUT2D eigenvalue weighted by Crippen LogP contribution is 2.39. The lowest BCUT2D eigenvalue weighted by atomic mass is 9.82. The molecule has 0 aliphatic heterocycles. The number of benzene rings is 1. The van der Waals surface area contributed by atoms with E-state index in [-0.39, 0.29) is 5.97 Å². The lowest BCUT2D eigenvalue weighted by Gasteiger charge is -2.22. The van der Waals surface area contributed by atoms with Crippen molar-refractivity contribution in [2.45, 2.75) is 38.0 Å². The van der Waals surface area contributed by atoms with Gasteiger partial charge in [0.2, 0.25) is 0 Å². The number of aromatic amines is 1. The van der Waals surface area contributed by atoms with E-state index in [1.165, 1.54) is 50.2 Å². The predicted molar refractivity (Wildman–Crippen MR) is 85.6 cm³/mol. The van der Waals surface area contributed by atoms with E-state index in [0.29, 0.717) is 11.5 Å². The summed E-state index contributed by atoms with van der Waals surface area (Å²) in [7, 11) is 1.41. The van der Waals surface area contributed by atoms with Gasteiger partial charge in [0.05, 0.1) is 12.7 Å². The van der Waals surface area contributed by atoms with Crippen LogP contribution < -0.4 is 0 Å². The van der Waals surface area contributed by atoms with Crippen LogP contribution in [0.5, 0.6) is 0 Å². The molecule has 1 heterocycles. The number of fused-ring (bicyclic) bond motifs is 1. The van der Waals surface area contributed by atoms with Crippen LogP contribution in [0.25, 0.3) is 17.0 Å². The number of nitrogens with one attached hydrogen (secondary N) is 1. The molecule has 0 unspecified atom stereocenters. The Balaban J connectivity index is 2.10. The van der Waals surface area contributed by atoms with Crippen molar-refractivity contribution >= 4 is 22.9 Å². The Morgan fingerprint density at radius 3 is 2.76 bits per heavy atom. The lowest BCUT2D eigenvalue weighted by Crippen LogP contribution is -2.05. The van der Waals surface area contributed by atoms with Crippen molar-refractivity contribution in [3.8, 4) is 0 Å². The first-order valence-corrected chi connectivity index (χ1v) is 7.61. The van der Waals surface area contributed by atoms with E-state index >= 15 is 0 Å². The normalized spacial score (nSPS) is 16.0. The third-order valence-electron chi connectivity index (χ3n) is 4.51. The number of rotatable bonds is 3. The highest BCUT2D eigenvalue weighted by atomic mass is 16.5. The van der Waals surface area contributed by atoms with Crippen molar-refractivity contribution in [1.29, 1.82) is 0 Å². The molecule has 0 amide bonds. The molecule has 3 heteroatoms. The molecule has 1 aliphatic carbocycles. The van der Waals surface area contributed by atoms with Crippen LogP contribution in [0.2, 0.25) is 0 Å². The Kier molecular flexibility index (Phi) is 3.82. The largest absolute Gasteiger partial charge is 0.465 e. The van der Waals surface area contributed by atoms with Crippen LogP contribution >= 0.6 is 0 Å². The zero-order chi connectivity index (χ0) is 14.8. The minimum absolute atomic E-state index is 0.300. The lowest BCUT2D eigenvalue weighted by molar-refractivity contribution is 0.0601. The van der Waals surface area contributed by atoms with Gasteiger partial charge in [0.1, 0.15) is 0 Å². The van der Waals surface area contributed by atoms with Gasteiger partial charge in [-0.1, -0.05) is 31.9 Å². The van der Waals surface area contributed by atoms with Crippen molar-refractivity contribution in [1.82, 2.24) is 4.98 Å². The third-order valence-corrected chi connectivity index (χ3v) is 4.51. The summed E-state index contributed by atoms with van der Waals surface area (Å²) >= 11 is 0. The average Bonchev–Trinajstić information content (AvgIpc) is 2.92. The number of H-pyrrole nitrogens is 1. The smallest absolute Gasteiger partial charge is 0.337 e. The van der Waals surface area contributed by atoms with E-state index in [1.807, 2.05) is 24.3 Å². The maximum absolute atomic E-state index is 11.7. The highest BCUT2D eigenvalue weighted by molar-refractivity contribution is 5.96. The van der Waals surface area contributed by atoms with E-state index in [0.717, 1.165) is 11.2 Å². The molecule has 1 saturated carbocycles. The van der Waals surface area contributed by atoms with Gasteiger partial charge in [-0.25, -0.2) is 4.79 Å². The van der Waals surface area contributed by atoms with Crippen molar-refractivity contribution in [3.63, 3.8) is 0 Å². The van der Waals surface area contributed by atoms with E-state index in [9.17, 15) is 4.79 Å². The maximum atomic E-state index is 11.7. The molecule has 1 aromatic carbocycles. The molecule has 1 N–H and O–H groups in total. The van der Waals surface area contributed by atoms with Gasteiger partial charge in [-0.3, -0.25) is 0 Å². The minimum atomic E-state index is -0.300. The van der Waals surface area contributed by atoms with Crippen LogP contribution in [0.1, 0.15) is 59.6 Å². The van der Waals surface area contributed by atoms with Crippen LogP contribution in [-0.4, -0.2) is 18.1 Å². The number of methoxy groups -OCH3 is 1.